The molecule has 7 heteroatoms. The fraction of sp³-hybridized carbons (Fsp3) is 0.231. The third-order valence-electron chi connectivity index (χ3n) is 2.61. The third-order valence-corrected chi connectivity index (χ3v) is 3.60. The van der Waals surface area contributed by atoms with E-state index in [4.69, 9.17) is 0 Å². The number of amides is 2. The summed E-state index contributed by atoms with van der Waals surface area (Å²) in [4.78, 5) is 32.6. The molecule has 0 aliphatic heterocycles. The summed E-state index contributed by atoms with van der Waals surface area (Å²) < 4.78 is 0. The van der Waals surface area contributed by atoms with Crippen molar-refractivity contribution in [2.24, 2.45) is 0 Å². The van der Waals surface area contributed by atoms with Gasteiger partial charge in [0.1, 0.15) is 5.82 Å². The Balaban J connectivity index is 1.98. The molecule has 0 aliphatic carbocycles. The maximum Gasteiger partial charge on any atom is 0.315 e. The number of carbonyl (C=O) groups excluding carboxylic acids is 2. The molecular weight excluding hydrogens is 276 g/mol. The lowest BCUT2D eigenvalue weighted by molar-refractivity contribution is -0.133. The van der Waals surface area contributed by atoms with Crippen LogP contribution in [0.5, 0.6) is 0 Å². The molecule has 0 bridgehead atoms. The van der Waals surface area contributed by atoms with Crippen LogP contribution in [0.1, 0.15) is 16.1 Å². The summed E-state index contributed by atoms with van der Waals surface area (Å²) in [5, 5.41) is 5.30. The van der Waals surface area contributed by atoms with E-state index in [0.717, 1.165) is 16.1 Å². The molecule has 20 heavy (non-hydrogen) atoms. The quantitative estimate of drug-likeness (QED) is 0.829. The van der Waals surface area contributed by atoms with Gasteiger partial charge in [-0.15, -0.1) is 11.3 Å². The lowest BCUT2D eigenvalue weighted by atomic mass is 10.3. The number of pyridine rings is 1. The van der Waals surface area contributed by atoms with Crippen molar-refractivity contribution in [2.75, 3.05) is 10.6 Å². The van der Waals surface area contributed by atoms with Crippen molar-refractivity contribution in [3.8, 4) is 0 Å². The average Bonchev–Trinajstić information content (AvgIpc) is 2.71. The Bertz CT molecular complexity index is 629. The zero-order chi connectivity index (χ0) is 14.7. The van der Waals surface area contributed by atoms with Crippen molar-refractivity contribution in [3.05, 3.63) is 34.5 Å². The minimum atomic E-state index is -0.771. The molecule has 6 nitrogen and oxygen atoms in total. The average molecular weight is 290 g/mol. The first-order valence-electron chi connectivity index (χ1n) is 5.94. The largest absolute Gasteiger partial charge is 0.315 e. The van der Waals surface area contributed by atoms with E-state index in [1.54, 1.807) is 18.3 Å². The summed E-state index contributed by atoms with van der Waals surface area (Å²) in [6.45, 7) is 5.63. The fourth-order valence-corrected chi connectivity index (χ4v) is 2.20. The molecule has 0 aromatic carbocycles. The van der Waals surface area contributed by atoms with Crippen LogP contribution in [-0.2, 0) is 9.59 Å². The molecule has 2 aromatic heterocycles. The van der Waals surface area contributed by atoms with Gasteiger partial charge in [-0.3, -0.25) is 14.9 Å². The molecule has 0 unspecified atom stereocenters. The highest BCUT2D eigenvalue weighted by Gasteiger charge is 2.16. The number of carbonyl (C=O) groups is 2. The molecule has 0 spiro atoms. The first-order valence-corrected chi connectivity index (χ1v) is 6.76. The van der Waals surface area contributed by atoms with Gasteiger partial charge in [0.2, 0.25) is 0 Å². The predicted octanol–water partition coefficient (Wildman–Crippen LogP) is 2.04. The second-order valence-corrected chi connectivity index (χ2v) is 5.49. The predicted molar refractivity (Wildman–Crippen MR) is 77.8 cm³/mol. The summed E-state index contributed by atoms with van der Waals surface area (Å²) in [6, 6.07) is 3.44. The van der Waals surface area contributed by atoms with Crippen molar-refractivity contribution in [3.63, 3.8) is 0 Å². The Labute approximate surface area is 120 Å². The highest BCUT2D eigenvalue weighted by atomic mass is 32.1. The number of aryl methyl sites for hydroxylation is 3. The molecule has 0 fully saturated rings. The van der Waals surface area contributed by atoms with Gasteiger partial charge < -0.3 is 5.32 Å². The number of anilines is 2. The highest BCUT2D eigenvalue weighted by molar-refractivity contribution is 7.15. The molecular formula is C13H14N4O2S. The molecule has 0 saturated carbocycles. The molecule has 2 heterocycles. The first kappa shape index (κ1) is 14.1. The van der Waals surface area contributed by atoms with Gasteiger partial charge in [0, 0.05) is 11.1 Å². The Morgan fingerprint density at radius 2 is 1.80 bits per heavy atom. The summed E-state index contributed by atoms with van der Waals surface area (Å²) in [5.74, 6) is -1.20. The van der Waals surface area contributed by atoms with Gasteiger partial charge in [0.25, 0.3) is 0 Å². The van der Waals surface area contributed by atoms with E-state index in [2.05, 4.69) is 20.6 Å². The Morgan fingerprint density at radius 3 is 2.35 bits per heavy atom. The third kappa shape index (κ3) is 3.39. The van der Waals surface area contributed by atoms with Crippen molar-refractivity contribution in [2.45, 2.75) is 20.8 Å². The normalized spacial score (nSPS) is 10.2. The summed E-state index contributed by atoms with van der Waals surface area (Å²) in [6.07, 6.45) is 1.61. The van der Waals surface area contributed by atoms with Gasteiger partial charge in [-0.2, -0.15) is 0 Å². The van der Waals surface area contributed by atoms with Crippen LogP contribution in [-0.4, -0.2) is 21.8 Å². The van der Waals surface area contributed by atoms with E-state index in [9.17, 15) is 9.59 Å². The number of aromatic nitrogens is 2. The van der Waals surface area contributed by atoms with Crippen LogP contribution in [0.3, 0.4) is 0 Å². The minimum Gasteiger partial charge on any atom is -0.302 e. The van der Waals surface area contributed by atoms with Crippen molar-refractivity contribution >= 4 is 34.1 Å². The number of thiazole rings is 1. The fourth-order valence-electron chi connectivity index (χ4n) is 1.39. The van der Waals surface area contributed by atoms with Gasteiger partial charge in [0.15, 0.2) is 5.13 Å². The number of hydrogen-bond acceptors (Lipinski definition) is 5. The van der Waals surface area contributed by atoms with Crippen molar-refractivity contribution in [1.29, 1.82) is 0 Å². The lowest BCUT2D eigenvalue weighted by Crippen LogP contribution is -2.29. The number of rotatable bonds is 2. The van der Waals surface area contributed by atoms with Gasteiger partial charge in [-0.25, -0.2) is 9.97 Å². The van der Waals surface area contributed by atoms with Crippen molar-refractivity contribution in [1.82, 2.24) is 9.97 Å². The van der Waals surface area contributed by atoms with Crippen LogP contribution in [0.2, 0.25) is 0 Å². The minimum absolute atomic E-state index is 0.335. The topological polar surface area (TPSA) is 84.0 Å². The Morgan fingerprint density at radius 1 is 1.10 bits per heavy atom. The first-order chi connectivity index (χ1) is 9.45. The summed E-state index contributed by atoms with van der Waals surface area (Å²) >= 11 is 1.33. The standard InChI is InChI=1S/C13H14N4O2S/c1-7-4-5-10(14-6-7)16-11(18)12(19)17-13-15-8(2)9(3)20-13/h4-6H,1-3H3,(H,14,16,18)(H,15,17,19). The maximum absolute atomic E-state index is 11.7. The molecule has 2 aromatic rings. The molecule has 2 N–H and O–H groups in total. The molecule has 0 atom stereocenters. The van der Waals surface area contributed by atoms with E-state index in [0.29, 0.717) is 10.9 Å². The molecule has 0 saturated heterocycles. The molecule has 104 valence electrons. The molecule has 0 radical (unpaired) electrons. The van der Waals surface area contributed by atoms with Crippen LogP contribution >= 0.6 is 11.3 Å². The van der Waals surface area contributed by atoms with Crippen LogP contribution in [0.15, 0.2) is 18.3 Å². The van der Waals surface area contributed by atoms with Crippen LogP contribution in [0.4, 0.5) is 10.9 Å². The van der Waals surface area contributed by atoms with Crippen LogP contribution in [0, 0.1) is 20.8 Å². The summed E-state index contributed by atoms with van der Waals surface area (Å²) in [7, 11) is 0. The van der Waals surface area contributed by atoms with Crippen LogP contribution in [0.25, 0.3) is 0 Å². The summed E-state index contributed by atoms with van der Waals surface area (Å²) in [5.41, 5.74) is 1.81. The smallest absolute Gasteiger partial charge is 0.302 e. The van der Waals surface area contributed by atoms with E-state index in [1.165, 1.54) is 11.3 Å². The van der Waals surface area contributed by atoms with E-state index in [-0.39, 0.29) is 0 Å². The van der Waals surface area contributed by atoms with E-state index in [1.807, 2.05) is 20.8 Å². The number of nitrogens with zero attached hydrogens (tertiary/aromatic N) is 2. The van der Waals surface area contributed by atoms with Crippen LogP contribution < -0.4 is 10.6 Å². The van der Waals surface area contributed by atoms with Gasteiger partial charge >= 0.3 is 11.8 Å². The Kier molecular flexibility index (Phi) is 4.09. The zero-order valence-corrected chi connectivity index (χ0v) is 12.2. The number of hydrogen-bond donors (Lipinski definition) is 2. The van der Waals surface area contributed by atoms with E-state index < -0.39 is 11.8 Å². The lowest BCUT2D eigenvalue weighted by Gasteiger charge is -2.03. The maximum atomic E-state index is 11.7. The van der Waals surface area contributed by atoms with Crippen molar-refractivity contribution < 1.29 is 9.59 Å². The van der Waals surface area contributed by atoms with Gasteiger partial charge in [0.05, 0.1) is 5.69 Å². The second kappa shape index (κ2) is 5.79. The SMILES string of the molecule is Cc1ccc(NC(=O)C(=O)Nc2nc(C)c(C)s2)nc1. The molecule has 2 amide bonds. The van der Waals surface area contributed by atoms with Gasteiger partial charge in [-0.1, -0.05) is 6.07 Å². The number of nitrogens with one attached hydrogen (secondary N) is 2. The highest BCUT2D eigenvalue weighted by Crippen LogP contribution is 2.20. The molecule has 0 aliphatic rings. The molecule has 2 rings (SSSR count). The monoisotopic (exact) mass is 290 g/mol. The van der Waals surface area contributed by atoms with Gasteiger partial charge in [-0.05, 0) is 32.4 Å². The zero-order valence-electron chi connectivity index (χ0n) is 11.4. The Hall–Kier alpha value is -2.28. The van der Waals surface area contributed by atoms with E-state index >= 15 is 0 Å². The second-order valence-electron chi connectivity index (χ2n) is 4.29.